The van der Waals surface area contributed by atoms with E-state index in [2.05, 4.69) is 10.6 Å². The summed E-state index contributed by atoms with van der Waals surface area (Å²) in [5, 5.41) is 16.7. The summed E-state index contributed by atoms with van der Waals surface area (Å²) in [6.45, 7) is 1.74. The summed E-state index contributed by atoms with van der Waals surface area (Å²) in [6.07, 6.45) is 0. The van der Waals surface area contributed by atoms with E-state index in [0.717, 1.165) is 0 Å². The summed E-state index contributed by atoms with van der Waals surface area (Å²) in [4.78, 5) is 27.3. The molecule has 8 heteroatoms. The van der Waals surface area contributed by atoms with Gasteiger partial charge >= 0.3 is 6.03 Å². The van der Waals surface area contributed by atoms with E-state index in [9.17, 15) is 19.1 Å². The van der Waals surface area contributed by atoms with Gasteiger partial charge in [0.25, 0.3) is 5.91 Å². The van der Waals surface area contributed by atoms with Gasteiger partial charge in [0, 0.05) is 33.0 Å². The van der Waals surface area contributed by atoms with E-state index in [1.807, 2.05) is 6.07 Å². The highest BCUT2D eigenvalue weighted by atomic mass is 35.5. The Bertz CT molecular complexity index is 1280. The van der Waals surface area contributed by atoms with Gasteiger partial charge in [0.1, 0.15) is 11.4 Å². The van der Waals surface area contributed by atoms with Crippen molar-refractivity contribution in [2.75, 3.05) is 16.8 Å². The first kappa shape index (κ1) is 20.5. The molecule has 3 aromatic rings. The highest BCUT2D eigenvalue weighted by molar-refractivity contribution is 6.31. The molecule has 3 N–H and O–H groups in total. The van der Waals surface area contributed by atoms with Gasteiger partial charge < -0.3 is 15.7 Å². The van der Waals surface area contributed by atoms with Crippen LogP contribution in [0.15, 0.2) is 60.7 Å². The van der Waals surface area contributed by atoms with E-state index in [-0.39, 0.29) is 12.5 Å². The van der Waals surface area contributed by atoms with Crippen LogP contribution in [-0.4, -0.2) is 23.6 Å². The zero-order valence-electron chi connectivity index (χ0n) is 17.0. The van der Waals surface area contributed by atoms with Gasteiger partial charge in [-0.1, -0.05) is 35.9 Å². The highest BCUT2D eigenvalue weighted by Crippen LogP contribution is 2.41. The predicted octanol–water partition coefficient (Wildman–Crippen LogP) is 4.57. The van der Waals surface area contributed by atoms with Crippen LogP contribution in [0.4, 0.5) is 20.6 Å². The molecule has 162 valence electrons. The SMILES string of the molecule is C[C@@]1(O)CN(C(=O)Nc2cccc3c2[C@H](c2cc(F)ccc2Cl)NC3=O)c2ccccc21. The molecule has 32 heavy (non-hydrogen) atoms. The molecule has 0 unspecified atom stereocenters. The zero-order valence-corrected chi connectivity index (χ0v) is 17.8. The lowest BCUT2D eigenvalue weighted by molar-refractivity contribution is 0.0757. The average Bonchev–Trinajstić information content (AvgIpc) is 3.25. The van der Waals surface area contributed by atoms with Crippen molar-refractivity contribution in [2.45, 2.75) is 18.6 Å². The number of para-hydroxylation sites is 1. The van der Waals surface area contributed by atoms with E-state index in [4.69, 9.17) is 11.6 Å². The number of β-amino-alcohol motifs (C(OH)–C–C–N with tert-alkyl or cyclic N) is 1. The minimum Gasteiger partial charge on any atom is -0.383 e. The molecule has 2 aliphatic rings. The van der Waals surface area contributed by atoms with E-state index >= 15 is 0 Å². The summed E-state index contributed by atoms with van der Waals surface area (Å²) in [6, 6.07) is 14.9. The molecule has 0 fully saturated rings. The first-order valence-electron chi connectivity index (χ1n) is 10.1. The van der Waals surface area contributed by atoms with Crippen LogP contribution in [-0.2, 0) is 5.60 Å². The molecule has 0 saturated heterocycles. The van der Waals surface area contributed by atoms with Crippen molar-refractivity contribution >= 4 is 34.9 Å². The van der Waals surface area contributed by atoms with Gasteiger partial charge in [0.15, 0.2) is 0 Å². The maximum absolute atomic E-state index is 13.9. The Morgan fingerprint density at radius 1 is 1.22 bits per heavy atom. The summed E-state index contributed by atoms with van der Waals surface area (Å²) >= 11 is 6.30. The third-order valence-electron chi connectivity index (χ3n) is 5.91. The van der Waals surface area contributed by atoms with Gasteiger partial charge in [0.2, 0.25) is 0 Å². The number of amides is 3. The number of urea groups is 1. The molecule has 6 nitrogen and oxygen atoms in total. The molecular formula is C24H19ClFN3O3. The van der Waals surface area contributed by atoms with Gasteiger partial charge in [-0.25, -0.2) is 9.18 Å². The number of halogens is 2. The quantitative estimate of drug-likeness (QED) is 0.533. The second-order valence-electron chi connectivity index (χ2n) is 8.15. The summed E-state index contributed by atoms with van der Waals surface area (Å²) in [7, 11) is 0. The monoisotopic (exact) mass is 451 g/mol. The maximum atomic E-state index is 13.9. The molecule has 2 aliphatic heterocycles. The molecule has 0 radical (unpaired) electrons. The third kappa shape index (κ3) is 3.21. The highest BCUT2D eigenvalue weighted by Gasteiger charge is 2.40. The Kier molecular flexibility index (Phi) is 4.69. The maximum Gasteiger partial charge on any atom is 0.326 e. The fourth-order valence-electron chi connectivity index (χ4n) is 4.44. The van der Waals surface area contributed by atoms with Crippen molar-refractivity contribution in [1.29, 1.82) is 0 Å². The van der Waals surface area contributed by atoms with Crippen molar-refractivity contribution in [2.24, 2.45) is 0 Å². The van der Waals surface area contributed by atoms with Crippen molar-refractivity contribution in [3.63, 3.8) is 0 Å². The number of fused-ring (bicyclic) bond motifs is 2. The lowest BCUT2D eigenvalue weighted by Gasteiger charge is -2.22. The molecule has 0 spiro atoms. The molecular weight excluding hydrogens is 433 g/mol. The Hall–Kier alpha value is -3.42. The number of rotatable bonds is 2. The normalized spacial score (nSPS) is 21.2. The molecule has 3 amide bonds. The summed E-state index contributed by atoms with van der Waals surface area (Å²) < 4.78 is 13.9. The standard InChI is InChI=1S/C24H19ClFN3O3/c1-24(32)12-29(19-8-3-2-6-16(19)24)23(31)27-18-7-4-5-14-20(18)21(28-22(14)30)15-11-13(26)9-10-17(15)25/h2-11,21,32H,12H2,1H3,(H,27,31)(H,28,30)/t21-,24+/m0/s1. The number of carbonyl (C=O) groups excluding carboxylic acids is 2. The number of hydrogen-bond donors (Lipinski definition) is 3. The smallest absolute Gasteiger partial charge is 0.326 e. The topological polar surface area (TPSA) is 81.7 Å². The van der Waals surface area contributed by atoms with Gasteiger partial charge in [0.05, 0.1) is 18.3 Å². The van der Waals surface area contributed by atoms with Crippen LogP contribution in [0.1, 0.15) is 40.0 Å². The van der Waals surface area contributed by atoms with E-state index in [0.29, 0.717) is 38.7 Å². The van der Waals surface area contributed by atoms with Crippen LogP contribution >= 0.6 is 11.6 Å². The fraction of sp³-hybridized carbons (Fsp3) is 0.167. The Labute approximate surface area is 188 Å². The summed E-state index contributed by atoms with van der Waals surface area (Å²) in [5.41, 5.74) is 1.78. The molecule has 2 heterocycles. The van der Waals surface area contributed by atoms with Crippen LogP contribution in [0.3, 0.4) is 0 Å². The van der Waals surface area contributed by atoms with Crippen LogP contribution < -0.4 is 15.5 Å². The first-order valence-corrected chi connectivity index (χ1v) is 10.4. The number of anilines is 2. The fourth-order valence-corrected chi connectivity index (χ4v) is 4.67. The van der Waals surface area contributed by atoms with Crippen molar-refractivity contribution < 1.29 is 19.1 Å². The second-order valence-corrected chi connectivity index (χ2v) is 8.55. The van der Waals surface area contributed by atoms with Crippen LogP contribution in [0.5, 0.6) is 0 Å². The molecule has 5 rings (SSSR count). The minimum atomic E-state index is -1.18. The van der Waals surface area contributed by atoms with Gasteiger partial charge in [-0.15, -0.1) is 0 Å². The number of nitrogens with zero attached hydrogens (tertiary/aromatic N) is 1. The summed E-state index contributed by atoms with van der Waals surface area (Å²) in [5.74, 6) is -0.819. The second kappa shape index (κ2) is 7.32. The van der Waals surface area contributed by atoms with E-state index < -0.39 is 23.5 Å². The molecule has 3 aromatic carbocycles. The van der Waals surface area contributed by atoms with Crippen LogP contribution in [0.25, 0.3) is 0 Å². The first-order chi connectivity index (χ1) is 15.3. The average molecular weight is 452 g/mol. The lowest BCUT2D eigenvalue weighted by Crippen LogP contribution is -2.38. The number of hydrogen-bond acceptors (Lipinski definition) is 3. The van der Waals surface area contributed by atoms with Crippen LogP contribution in [0.2, 0.25) is 5.02 Å². The minimum absolute atomic E-state index is 0.0868. The number of benzene rings is 3. The van der Waals surface area contributed by atoms with Gasteiger partial charge in [-0.05, 0) is 43.3 Å². The Morgan fingerprint density at radius 3 is 2.81 bits per heavy atom. The van der Waals surface area contributed by atoms with Crippen molar-refractivity contribution in [3.8, 4) is 0 Å². The molecule has 0 aromatic heterocycles. The molecule has 0 aliphatic carbocycles. The number of nitrogens with one attached hydrogen (secondary N) is 2. The Morgan fingerprint density at radius 2 is 2.00 bits per heavy atom. The Balaban J connectivity index is 1.53. The zero-order chi connectivity index (χ0) is 22.6. The largest absolute Gasteiger partial charge is 0.383 e. The predicted molar refractivity (Wildman–Crippen MR) is 120 cm³/mol. The van der Waals surface area contributed by atoms with Crippen LogP contribution in [0, 0.1) is 5.82 Å². The van der Waals surface area contributed by atoms with Gasteiger partial charge in [-0.3, -0.25) is 9.69 Å². The number of carbonyl (C=O) groups is 2. The lowest BCUT2D eigenvalue weighted by atomic mass is 9.96. The van der Waals surface area contributed by atoms with Crippen molar-refractivity contribution in [3.05, 3.63) is 93.8 Å². The molecule has 2 atom stereocenters. The third-order valence-corrected chi connectivity index (χ3v) is 6.26. The van der Waals surface area contributed by atoms with E-state index in [1.54, 1.807) is 43.3 Å². The number of aliphatic hydroxyl groups is 1. The molecule has 0 bridgehead atoms. The van der Waals surface area contributed by atoms with E-state index in [1.165, 1.54) is 23.1 Å². The van der Waals surface area contributed by atoms with Gasteiger partial charge in [-0.2, -0.15) is 0 Å². The van der Waals surface area contributed by atoms with Crippen molar-refractivity contribution in [1.82, 2.24) is 5.32 Å². The molecule has 0 saturated carbocycles.